The lowest BCUT2D eigenvalue weighted by molar-refractivity contribution is 0.0176. The number of hydrogen-bond acceptors (Lipinski definition) is 4. The van der Waals surface area contributed by atoms with Crippen molar-refractivity contribution in [3.63, 3.8) is 0 Å². The molecule has 4 rings (SSSR count). The number of hydrogen-bond donors (Lipinski definition) is 0. The molecule has 0 bridgehead atoms. The quantitative estimate of drug-likeness (QED) is 0.498. The van der Waals surface area contributed by atoms with Gasteiger partial charge in [-0.05, 0) is 62.9 Å². The number of fused-ring (bicyclic) bond motifs is 1. The van der Waals surface area contributed by atoms with E-state index < -0.39 is 0 Å². The highest BCUT2D eigenvalue weighted by Gasteiger charge is 2.23. The zero-order valence-corrected chi connectivity index (χ0v) is 18.4. The number of nitrogens with zero attached hydrogens (tertiary/aromatic N) is 3. The number of benzene rings is 2. The Labute approximate surface area is 179 Å². The molecule has 30 heavy (non-hydrogen) atoms. The average Bonchev–Trinajstić information content (AvgIpc) is 3.15. The summed E-state index contributed by atoms with van der Waals surface area (Å²) in [7, 11) is 0. The molecule has 0 spiro atoms. The van der Waals surface area contributed by atoms with Gasteiger partial charge in [0.2, 0.25) is 0 Å². The zero-order valence-electron chi connectivity index (χ0n) is 18.4. The van der Waals surface area contributed by atoms with E-state index in [9.17, 15) is 0 Å². The molecule has 1 aliphatic rings. The van der Waals surface area contributed by atoms with E-state index in [0.717, 1.165) is 69.4 Å². The Bertz CT molecular complexity index is 976. The van der Waals surface area contributed by atoms with Crippen molar-refractivity contribution in [3.05, 3.63) is 59.4 Å². The van der Waals surface area contributed by atoms with E-state index >= 15 is 0 Å². The van der Waals surface area contributed by atoms with Crippen LogP contribution in [0.3, 0.4) is 0 Å². The third kappa shape index (κ3) is 4.52. The minimum absolute atomic E-state index is 0.285. The molecule has 160 valence electrons. The van der Waals surface area contributed by atoms with Crippen LogP contribution in [0.2, 0.25) is 0 Å². The monoisotopic (exact) mass is 407 g/mol. The molecule has 0 aliphatic carbocycles. The molecule has 5 heteroatoms. The molecule has 1 aromatic heterocycles. The van der Waals surface area contributed by atoms with Crippen LogP contribution in [-0.4, -0.2) is 47.4 Å². The standard InChI is InChI=1S/C25H33N3O2/c1-19-9-8-12-24(20(19)2)30-16-7-6-13-28-23-11-5-4-10-22(23)26-25(28)21(3)27-14-17-29-18-15-27/h4-5,8-12,21H,6-7,13-18H2,1-3H3. The average molecular weight is 408 g/mol. The number of aryl methyl sites for hydroxylation is 2. The number of imidazole rings is 1. The van der Waals surface area contributed by atoms with Gasteiger partial charge in [-0.25, -0.2) is 4.98 Å². The normalized spacial score (nSPS) is 16.1. The number of para-hydroxylation sites is 2. The molecule has 3 aromatic rings. The molecule has 0 saturated carbocycles. The first-order valence-electron chi connectivity index (χ1n) is 11.1. The summed E-state index contributed by atoms with van der Waals surface area (Å²) in [6, 6.07) is 15.0. The van der Waals surface area contributed by atoms with Gasteiger partial charge in [0, 0.05) is 19.6 Å². The second-order valence-corrected chi connectivity index (χ2v) is 8.19. The van der Waals surface area contributed by atoms with Crippen molar-refractivity contribution in [1.82, 2.24) is 14.5 Å². The lowest BCUT2D eigenvalue weighted by Gasteiger charge is -2.32. The Morgan fingerprint density at radius 1 is 1.03 bits per heavy atom. The molecule has 0 amide bonds. The summed E-state index contributed by atoms with van der Waals surface area (Å²) in [5.41, 5.74) is 4.82. The first kappa shape index (κ1) is 20.9. The zero-order chi connectivity index (χ0) is 20.9. The summed E-state index contributed by atoms with van der Waals surface area (Å²) in [6.45, 7) is 11.8. The fourth-order valence-corrected chi connectivity index (χ4v) is 4.21. The Morgan fingerprint density at radius 2 is 1.83 bits per heavy atom. The highest BCUT2D eigenvalue weighted by Crippen LogP contribution is 2.26. The molecule has 0 radical (unpaired) electrons. The summed E-state index contributed by atoms with van der Waals surface area (Å²) >= 11 is 0. The first-order valence-corrected chi connectivity index (χ1v) is 11.1. The Kier molecular flexibility index (Phi) is 6.70. The fourth-order valence-electron chi connectivity index (χ4n) is 4.21. The van der Waals surface area contributed by atoms with Gasteiger partial charge in [0.15, 0.2) is 0 Å². The van der Waals surface area contributed by atoms with Crippen molar-refractivity contribution in [2.24, 2.45) is 0 Å². The van der Waals surface area contributed by atoms with Gasteiger partial charge in [0.25, 0.3) is 0 Å². The van der Waals surface area contributed by atoms with Gasteiger partial charge in [-0.3, -0.25) is 4.90 Å². The van der Waals surface area contributed by atoms with Crippen LogP contribution in [0.15, 0.2) is 42.5 Å². The summed E-state index contributed by atoms with van der Waals surface area (Å²) < 4.78 is 14.0. The molecule has 1 saturated heterocycles. The van der Waals surface area contributed by atoms with E-state index in [-0.39, 0.29) is 6.04 Å². The molecule has 2 aromatic carbocycles. The van der Waals surface area contributed by atoms with Crippen LogP contribution >= 0.6 is 0 Å². The third-order valence-electron chi connectivity index (χ3n) is 6.24. The number of morpholine rings is 1. The topological polar surface area (TPSA) is 39.5 Å². The molecule has 2 heterocycles. The van der Waals surface area contributed by atoms with Crippen LogP contribution in [0.1, 0.15) is 42.8 Å². The fraction of sp³-hybridized carbons (Fsp3) is 0.480. The SMILES string of the molecule is Cc1cccc(OCCCCn2c(C(C)N3CCOCC3)nc3ccccc32)c1C. The summed E-state index contributed by atoms with van der Waals surface area (Å²) in [5.74, 6) is 2.17. The lowest BCUT2D eigenvalue weighted by Crippen LogP contribution is -2.39. The largest absolute Gasteiger partial charge is 0.493 e. The van der Waals surface area contributed by atoms with E-state index in [0.29, 0.717) is 0 Å². The smallest absolute Gasteiger partial charge is 0.127 e. The predicted molar refractivity (Wildman–Crippen MR) is 121 cm³/mol. The van der Waals surface area contributed by atoms with E-state index in [2.05, 4.69) is 72.7 Å². The van der Waals surface area contributed by atoms with Crippen molar-refractivity contribution in [1.29, 1.82) is 0 Å². The highest BCUT2D eigenvalue weighted by molar-refractivity contribution is 5.76. The van der Waals surface area contributed by atoms with E-state index in [1.54, 1.807) is 0 Å². The molecule has 5 nitrogen and oxygen atoms in total. The maximum atomic E-state index is 6.05. The van der Waals surface area contributed by atoms with Gasteiger partial charge < -0.3 is 14.0 Å². The predicted octanol–water partition coefficient (Wildman–Crippen LogP) is 4.91. The molecule has 1 fully saturated rings. The van der Waals surface area contributed by atoms with Gasteiger partial charge in [0.1, 0.15) is 11.6 Å². The van der Waals surface area contributed by atoms with Gasteiger partial charge in [-0.2, -0.15) is 0 Å². The van der Waals surface area contributed by atoms with E-state index in [4.69, 9.17) is 14.5 Å². The van der Waals surface area contributed by atoms with E-state index in [1.807, 2.05) is 0 Å². The Hall–Kier alpha value is -2.37. The summed E-state index contributed by atoms with van der Waals surface area (Å²) in [5, 5.41) is 0. The highest BCUT2D eigenvalue weighted by atomic mass is 16.5. The van der Waals surface area contributed by atoms with Gasteiger partial charge in [-0.15, -0.1) is 0 Å². The Balaban J connectivity index is 1.42. The Morgan fingerprint density at radius 3 is 2.67 bits per heavy atom. The number of unbranched alkanes of at least 4 members (excludes halogenated alkanes) is 1. The van der Waals surface area contributed by atoms with E-state index in [1.165, 1.54) is 16.6 Å². The second-order valence-electron chi connectivity index (χ2n) is 8.19. The van der Waals surface area contributed by atoms with Crippen LogP contribution in [0, 0.1) is 13.8 Å². The van der Waals surface area contributed by atoms with Crippen LogP contribution in [0.4, 0.5) is 0 Å². The molecule has 1 unspecified atom stereocenters. The van der Waals surface area contributed by atoms with Gasteiger partial charge in [-0.1, -0.05) is 24.3 Å². The molecule has 1 atom stereocenters. The van der Waals surface area contributed by atoms with Gasteiger partial charge >= 0.3 is 0 Å². The summed E-state index contributed by atoms with van der Waals surface area (Å²) in [4.78, 5) is 7.48. The van der Waals surface area contributed by atoms with Crippen molar-refractivity contribution in [3.8, 4) is 5.75 Å². The number of rotatable bonds is 8. The molecular weight excluding hydrogens is 374 g/mol. The van der Waals surface area contributed by atoms with Crippen LogP contribution in [-0.2, 0) is 11.3 Å². The van der Waals surface area contributed by atoms with Crippen LogP contribution < -0.4 is 4.74 Å². The molecular formula is C25H33N3O2. The minimum Gasteiger partial charge on any atom is -0.493 e. The maximum Gasteiger partial charge on any atom is 0.127 e. The summed E-state index contributed by atoms with van der Waals surface area (Å²) in [6.07, 6.45) is 2.08. The minimum atomic E-state index is 0.285. The van der Waals surface area contributed by atoms with Crippen LogP contribution in [0.5, 0.6) is 5.75 Å². The van der Waals surface area contributed by atoms with Crippen LogP contribution in [0.25, 0.3) is 11.0 Å². The molecule has 0 N–H and O–H groups in total. The second kappa shape index (κ2) is 9.63. The van der Waals surface area contributed by atoms with Crippen molar-refractivity contribution in [2.75, 3.05) is 32.9 Å². The number of ether oxygens (including phenoxy) is 2. The maximum absolute atomic E-state index is 6.05. The van der Waals surface area contributed by atoms with Crippen molar-refractivity contribution in [2.45, 2.75) is 46.2 Å². The van der Waals surface area contributed by atoms with Crippen molar-refractivity contribution >= 4 is 11.0 Å². The van der Waals surface area contributed by atoms with Gasteiger partial charge in [0.05, 0.1) is 36.9 Å². The third-order valence-corrected chi connectivity index (χ3v) is 6.24. The number of aromatic nitrogens is 2. The lowest BCUT2D eigenvalue weighted by atomic mass is 10.1. The molecule has 1 aliphatic heterocycles. The van der Waals surface area contributed by atoms with Crippen molar-refractivity contribution < 1.29 is 9.47 Å². The first-order chi connectivity index (χ1) is 14.6.